The second-order valence-electron chi connectivity index (χ2n) is 8.87. The molecule has 2 aromatic rings. The van der Waals surface area contributed by atoms with Crippen LogP contribution < -0.4 is 0 Å². The highest BCUT2D eigenvalue weighted by molar-refractivity contribution is 6.37. The van der Waals surface area contributed by atoms with E-state index in [1.165, 1.54) is 36.5 Å². The minimum absolute atomic E-state index is 0.171. The molecule has 2 heterocycles. The molecule has 1 aromatic heterocycles. The summed E-state index contributed by atoms with van der Waals surface area (Å²) in [6.07, 6.45) is 7.38. The number of carbonyl (C=O) groups is 4. The first-order chi connectivity index (χ1) is 18.2. The molecular formula is C29H20ClNO7. The van der Waals surface area contributed by atoms with E-state index in [4.69, 9.17) is 16.0 Å². The molecule has 9 heteroatoms. The van der Waals surface area contributed by atoms with Crippen LogP contribution in [0.1, 0.15) is 31.1 Å². The van der Waals surface area contributed by atoms with Crippen molar-refractivity contribution in [2.75, 3.05) is 0 Å². The van der Waals surface area contributed by atoms with Crippen molar-refractivity contribution in [3.8, 4) is 11.3 Å². The van der Waals surface area contributed by atoms with Gasteiger partial charge in [0.2, 0.25) is 0 Å². The van der Waals surface area contributed by atoms with Gasteiger partial charge in [0.1, 0.15) is 11.5 Å². The van der Waals surface area contributed by atoms with Crippen molar-refractivity contribution >= 4 is 52.3 Å². The Kier molecular flexibility index (Phi) is 6.75. The van der Waals surface area contributed by atoms with Crippen molar-refractivity contribution in [3.05, 3.63) is 93.8 Å². The third-order valence-electron chi connectivity index (χ3n) is 6.27. The van der Waals surface area contributed by atoms with Gasteiger partial charge in [-0.3, -0.25) is 14.4 Å². The first-order valence-corrected chi connectivity index (χ1v) is 12.1. The number of hydrogen-bond acceptors (Lipinski definition) is 8. The summed E-state index contributed by atoms with van der Waals surface area (Å²) >= 11 is 6.46. The zero-order chi connectivity index (χ0) is 27.0. The Bertz CT molecular complexity index is 1600. The molecule has 2 aliphatic carbocycles. The van der Waals surface area contributed by atoms with Gasteiger partial charge in [-0.15, -0.1) is 0 Å². The summed E-state index contributed by atoms with van der Waals surface area (Å²) in [7, 11) is 0. The van der Waals surface area contributed by atoms with Gasteiger partial charge in [-0.05, 0) is 92.1 Å². The van der Waals surface area contributed by atoms with E-state index in [1.807, 2.05) is 0 Å². The van der Waals surface area contributed by atoms with E-state index in [2.05, 4.69) is 9.99 Å². The summed E-state index contributed by atoms with van der Waals surface area (Å²) in [6.45, 7) is 1.65. The van der Waals surface area contributed by atoms with Crippen molar-refractivity contribution in [2.45, 2.75) is 25.9 Å². The summed E-state index contributed by atoms with van der Waals surface area (Å²) in [5.74, 6) is -0.575. The number of furan rings is 1. The number of aliphatic hydroxyl groups excluding tert-OH is 1. The van der Waals surface area contributed by atoms with E-state index in [0.717, 1.165) is 0 Å². The van der Waals surface area contributed by atoms with Gasteiger partial charge in [0.25, 0.3) is 0 Å². The minimum Gasteiger partial charge on any atom is -0.457 e. The summed E-state index contributed by atoms with van der Waals surface area (Å²) in [6, 6.07) is 8.44. The maximum Gasteiger partial charge on any atom is 0.367 e. The van der Waals surface area contributed by atoms with E-state index in [9.17, 15) is 24.3 Å². The second kappa shape index (κ2) is 10.2. The Morgan fingerprint density at radius 1 is 1.03 bits per heavy atom. The maximum absolute atomic E-state index is 13.4. The highest BCUT2D eigenvalue weighted by atomic mass is 35.5. The van der Waals surface area contributed by atoms with Crippen LogP contribution in [0, 0.1) is 0 Å². The van der Waals surface area contributed by atoms with Crippen LogP contribution in [0.2, 0.25) is 5.02 Å². The van der Waals surface area contributed by atoms with E-state index in [0.29, 0.717) is 50.1 Å². The molecule has 3 aliphatic rings. The molecule has 5 rings (SSSR count). The molecule has 38 heavy (non-hydrogen) atoms. The molecule has 1 N–H and O–H groups in total. The van der Waals surface area contributed by atoms with Gasteiger partial charge < -0.3 is 14.4 Å². The zero-order valence-corrected chi connectivity index (χ0v) is 20.8. The van der Waals surface area contributed by atoms with Gasteiger partial charge in [0, 0.05) is 27.3 Å². The van der Waals surface area contributed by atoms with Gasteiger partial charge in [-0.2, -0.15) is 0 Å². The van der Waals surface area contributed by atoms with Crippen molar-refractivity contribution in [1.29, 1.82) is 0 Å². The van der Waals surface area contributed by atoms with Gasteiger partial charge >= 0.3 is 5.97 Å². The highest BCUT2D eigenvalue weighted by Crippen LogP contribution is 2.35. The quantitative estimate of drug-likeness (QED) is 0.330. The second-order valence-corrected chi connectivity index (χ2v) is 9.28. The largest absolute Gasteiger partial charge is 0.457 e. The van der Waals surface area contributed by atoms with Crippen LogP contribution in [0.25, 0.3) is 23.0 Å². The molecule has 0 bridgehead atoms. The first-order valence-electron chi connectivity index (χ1n) is 11.7. The number of halogens is 1. The van der Waals surface area contributed by atoms with Crippen molar-refractivity contribution in [2.24, 2.45) is 5.16 Å². The smallest absolute Gasteiger partial charge is 0.367 e. The molecule has 8 nitrogen and oxygen atoms in total. The Balaban J connectivity index is 1.39. The lowest BCUT2D eigenvalue weighted by Gasteiger charge is -2.19. The number of rotatable bonds is 6. The summed E-state index contributed by atoms with van der Waals surface area (Å²) in [5.41, 5.74) is 2.61. The molecule has 0 fully saturated rings. The lowest BCUT2D eigenvalue weighted by atomic mass is 9.86. The lowest BCUT2D eigenvalue weighted by molar-refractivity contribution is -0.136. The van der Waals surface area contributed by atoms with E-state index in [1.54, 1.807) is 37.3 Å². The molecule has 190 valence electrons. The number of Topliss-reactive ketones (excluding diaryl/α,β-unsaturated/α-hetero) is 1. The standard InChI is InChI=1S/C29H20ClNO7/c1-15-22(29(36)38-31-15)14-21-6-9-27(37-21)17-4-7-25(30)23(12-17)24-13-20(33)11-18(28(24)35)3-2-16-10-19(32)5-8-26(16)34/h4-14,20,33H,2-3H2,1H3/b22-14+. The molecule has 0 spiro atoms. The van der Waals surface area contributed by atoms with Crippen LogP contribution in [-0.2, 0) is 24.0 Å². The van der Waals surface area contributed by atoms with Gasteiger partial charge in [0.05, 0.1) is 17.4 Å². The Labute approximate surface area is 221 Å². The van der Waals surface area contributed by atoms with Gasteiger partial charge in [0.15, 0.2) is 17.3 Å². The number of aliphatic hydroxyl groups is 1. The van der Waals surface area contributed by atoms with Crippen molar-refractivity contribution in [1.82, 2.24) is 0 Å². The minimum atomic E-state index is -1.03. The van der Waals surface area contributed by atoms with Crippen LogP contribution in [0.15, 0.2) is 87.0 Å². The maximum atomic E-state index is 13.4. The van der Waals surface area contributed by atoms with Crippen LogP contribution in [0.4, 0.5) is 0 Å². The molecular weight excluding hydrogens is 510 g/mol. The van der Waals surface area contributed by atoms with Gasteiger partial charge in [-0.1, -0.05) is 16.8 Å². The predicted octanol–water partition coefficient (Wildman–Crippen LogP) is 4.58. The number of oxime groups is 1. The Morgan fingerprint density at radius 3 is 2.58 bits per heavy atom. The molecule has 0 saturated carbocycles. The summed E-state index contributed by atoms with van der Waals surface area (Å²) in [4.78, 5) is 53.5. The summed E-state index contributed by atoms with van der Waals surface area (Å²) in [5, 5.41) is 14.4. The normalized spacial score (nSPS) is 20.4. The average molecular weight is 530 g/mol. The molecule has 1 aromatic carbocycles. The number of allylic oxidation sites excluding steroid dienone is 6. The first kappa shape index (κ1) is 25.3. The van der Waals surface area contributed by atoms with Crippen LogP contribution in [0.5, 0.6) is 0 Å². The summed E-state index contributed by atoms with van der Waals surface area (Å²) < 4.78 is 5.89. The van der Waals surface area contributed by atoms with Crippen LogP contribution in [0.3, 0.4) is 0 Å². The third kappa shape index (κ3) is 5.04. The molecule has 1 aliphatic heterocycles. The van der Waals surface area contributed by atoms with Crippen molar-refractivity contribution in [3.63, 3.8) is 0 Å². The number of hydrogen-bond donors (Lipinski definition) is 1. The van der Waals surface area contributed by atoms with Crippen LogP contribution in [-0.4, -0.2) is 40.2 Å². The molecule has 1 unspecified atom stereocenters. The zero-order valence-electron chi connectivity index (χ0n) is 20.1. The fraction of sp³-hybridized carbons (Fsp3) is 0.138. The lowest BCUT2D eigenvalue weighted by Crippen LogP contribution is -2.17. The van der Waals surface area contributed by atoms with Crippen molar-refractivity contribution < 1.29 is 33.5 Å². The van der Waals surface area contributed by atoms with Crippen LogP contribution >= 0.6 is 11.6 Å². The van der Waals surface area contributed by atoms with E-state index in [-0.39, 0.29) is 35.8 Å². The predicted molar refractivity (Wildman–Crippen MR) is 140 cm³/mol. The van der Waals surface area contributed by atoms with E-state index < -0.39 is 12.1 Å². The fourth-order valence-electron chi connectivity index (χ4n) is 4.31. The Morgan fingerprint density at radius 2 is 1.82 bits per heavy atom. The number of carbonyl (C=O) groups excluding carboxylic acids is 4. The molecule has 1 atom stereocenters. The highest BCUT2D eigenvalue weighted by Gasteiger charge is 2.26. The monoisotopic (exact) mass is 529 g/mol. The molecule has 0 saturated heterocycles. The Hall–Kier alpha value is -4.40. The third-order valence-corrected chi connectivity index (χ3v) is 6.60. The fourth-order valence-corrected chi connectivity index (χ4v) is 4.53. The average Bonchev–Trinajstić information content (AvgIpc) is 3.49. The molecule has 0 amide bonds. The molecule has 0 radical (unpaired) electrons. The van der Waals surface area contributed by atoms with Gasteiger partial charge in [-0.25, -0.2) is 4.79 Å². The number of ketones is 3. The van der Waals surface area contributed by atoms with E-state index >= 15 is 0 Å². The topological polar surface area (TPSA) is 123 Å². The number of nitrogens with zero attached hydrogens (tertiary/aromatic N) is 1. The SMILES string of the molecule is CC1=NOC(=O)/C1=C/c1ccc(-c2ccc(Cl)c(C3=CC(O)C=C(CCC4=CC(=O)C=CC4=O)C3=O)c2)o1. The number of benzene rings is 1.